The summed E-state index contributed by atoms with van der Waals surface area (Å²) in [4.78, 5) is 26.8. The van der Waals surface area contributed by atoms with E-state index in [9.17, 15) is 9.18 Å². The number of nitrogens with zero attached hydrogens (tertiary/aromatic N) is 4. The van der Waals surface area contributed by atoms with Crippen LogP contribution in [0.4, 0.5) is 10.2 Å². The molecule has 3 heterocycles. The SMILES string of the molecule is CSc1nc(N2CCCC(=O)[C@H]3C[C@H]32)c2cnc(Cl)c(F)c2n1. The smallest absolute Gasteiger partial charge is 0.189 e. The maximum absolute atomic E-state index is 14.3. The van der Waals surface area contributed by atoms with E-state index in [1.807, 2.05) is 6.26 Å². The third-order valence-electron chi connectivity index (χ3n) is 4.45. The quantitative estimate of drug-likeness (QED) is 0.470. The second-order valence-electron chi connectivity index (χ2n) is 5.83. The molecule has 2 aromatic rings. The van der Waals surface area contributed by atoms with Gasteiger partial charge in [0, 0.05) is 31.1 Å². The van der Waals surface area contributed by atoms with Gasteiger partial charge in [0.25, 0.3) is 0 Å². The zero-order chi connectivity index (χ0) is 16.1. The lowest BCUT2D eigenvalue weighted by molar-refractivity contribution is -0.120. The maximum atomic E-state index is 14.3. The van der Waals surface area contributed by atoms with Gasteiger partial charge in [-0.2, -0.15) is 0 Å². The predicted octanol–water partition coefficient (Wildman–Crippen LogP) is 3.10. The predicted molar refractivity (Wildman–Crippen MR) is 87.6 cm³/mol. The first-order chi connectivity index (χ1) is 11.1. The van der Waals surface area contributed by atoms with Crippen molar-refractivity contribution in [2.75, 3.05) is 17.7 Å². The van der Waals surface area contributed by atoms with Crippen LogP contribution in [0.5, 0.6) is 0 Å². The molecule has 0 bridgehead atoms. The third kappa shape index (κ3) is 2.46. The van der Waals surface area contributed by atoms with Gasteiger partial charge in [-0.15, -0.1) is 0 Å². The summed E-state index contributed by atoms with van der Waals surface area (Å²) in [5.41, 5.74) is 0.187. The second-order valence-corrected chi connectivity index (χ2v) is 6.96. The van der Waals surface area contributed by atoms with Crippen LogP contribution in [-0.2, 0) is 4.79 Å². The molecule has 2 fully saturated rings. The maximum Gasteiger partial charge on any atom is 0.189 e. The molecule has 2 aromatic heterocycles. The Kier molecular flexibility index (Phi) is 3.65. The number of fused-ring (bicyclic) bond motifs is 2. The highest BCUT2D eigenvalue weighted by atomic mass is 35.5. The number of thioether (sulfide) groups is 1. The Bertz CT molecular complexity index is 818. The second kappa shape index (κ2) is 5.56. The van der Waals surface area contributed by atoms with Crippen molar-refractivity contribution >= 4 is 45.9 Å². The molecule has 2 aliphatic rings. The van der Waals surface area contributed by atoms with Crippen molar-refractivity contribution in [2.45, 2.75) is 30.5 Å². The summed E-state index contributed by atoms with van der Waals surface area (Å²) in [7, 11) is 0. The molecule has 23 heavy (non-hydrogen) atoms. The Hall–Kier alpha value is -1.47. The van der Waals surface area contributed by atoms with Crippen LogP contribution < -0.4 is 4.90 Å². The fourth-order valence-corrected chi connectivity index (χ4v) is 3.72. The molecule has 0 aromatic carbocycles. The van der Waals surface area contributed by atoms with E-state index in [0.717, 1.165) is 19.4 Å². The van der Waals surface area contributed by atoms with E-state index < -0.39 is 5.82 Å². The molecule has 1 saturated carbocycles. The molecular formula is C15H14ClFN4OS. The molecule has 4 rings (SSSR count). The van der Waals surface area contributed by atoms with Crippen LogP contribution in [0.2, 0.25) is 5.15 Å². The van der Waals surface area contributed by atoms with Gasteiger partial charge >= 0.3 is 0 Å². The van der Waals surface area contributed by atoms with Crippen molar-refractivity contribution in [3.05, 3.63) is 17.2 Å². The first kappa shape index (κ1) is 15.1. The van der Waals surface area contributed by atoms with Crippen LogP contribution in [0.25, 0.3) is 10.9 Å². The Morgan fingerprint density at radius 2 is 2.26 bits per heavy atom. The summed E-state index contributed by atoms with van der Waals surface area (Å²) in [6, 6.07) is 0.163. The number of ketones is 1. The van der Waals surface area contributed by atoms with E-state index in [1.165, 1.54) is 18.0 Å². The summed E-state index contributed by atoms with van der Waals surface area (Å²) in [6.07, 6.45) is 5.61. The molecule has 5 nitrogen and oxygen atoms in total. The van der Waals surface area contributed by atoms with Crippen LogP contribution in [0.1, 0.15) is 19.3 Å². The minimum Gasteiger partial charge on any atom is -0.352 e. The van der Waals surface area contributed by atoms with E-state index in [2.05, 4.69) is 19.9 Å². The number of carbonyl (C=O) groups is 1. The van der Waals surface area contributed by atoms with Gasteiger partial charge in [-0.25, -0.2) is 19.3 Å². The number of pyridine rings is 1. The van der Waals surface area contributed by atoms with Crippen LogP contribution in [0.3, 0.4) is 0 Å². The summed E-state index contributed by atoms with van der Waals surface area (Å²) >= 11 is 7.14. The monoisotopic (exact) mass is 352 g/mol. The molecule has 0 radical (unpaired) electrons. The first-order valence-corrected chi connectivity index (χ1v) is 9.05. The fraction of sp³-hybridized carbons (Fsp3) is 0.467. The number of hydrogen-bond acceptors (Lipinski definition) is 6. The number of halogens is 2. The Morgan fingerprint density at radius 3 is 3.04 bits per heavy atom. The number of anilines is 1. The Balaban J connectivity index is 1.89. The van der Waals surface area contributed by atoms with Crippen molar-refractivity contribution in [2.24, 2.45) is 5.92 Å². The zero-order valence-corrected chi connectivity index (χ0v) is 14.0. The standard InChI is InChI=1S/C15H14ClFN4OS/c1-23-15-19-12-8(6-18-13(16)11(12)17)14(20-15)21-4-2-3-10(22)7-5-9(7)21/h6-7,9H,2-5H2,1H3/t7-,9+/m0/s1. The number of carbonyl (C=O) groups excluding carboxylic acids is 1. The lowest BCUT2D eigenvalue weighted by atomic mass is 10.2. The molecule has 8 heteroatoms. The molecule has 1 aliphatic carbocycles. The van der Waals surface area contributed by atoms with E-state index in [1.54, 1.807) is 0 Å². The van der Waals surface area contributed by atoms with E-state index in [4.69, 9.17) is 11.6 Å². The molecule has 0 spiro atoms. The third-order valence-corrected chi connectivity index (χ3v) is 5.26. The number of aromatic nitrogens is 3. The minimum absolute atomic E-state index is 0.0883. The molecular weight excluding hydrogens is 339 g/mol. The van der Waals surface area contributed by atoms with Crippen molar-refractivity contribution in [3.63, 3.8) is 0 Å². The van der Waals surface area contributed by atoms with Crippen molar-refractivity contribution < 1.29 is 9.18 Å². The highest BCUT2D eigenvalue weighted by molar-refractivity contribution is 7.98. The van der Waals surface area contributed by atoms with Gasteiger partial charge in [-0.05, 0) is 19.1 Å². The van der Waals surface area contributed by atoms with Gasteiger partial charge in [0.15, 0.2) is 16.1 Å². The highest BCUT2D eigenvalue weighted by Crippen LogP contribution is 2.43. The Labute approximate surface area is 141 Å². The molecule has 120 valence electrons. The molecule has 1 aliphatic heterocycles. The summed E-state index contributed by atoms with van der Waals surface area (Å²) < 4.78 is 14.3. The van der Waals surface area contributed by atoms with E-state index in [0.29, 0.717) is 28.6 Å². The molecule has 2 atom stereocenters. The van der Waals surface area contributed by atoms with Crippen molar-refractivity contribution in [1.82, 2.24) is 15.0 Å². The molecule has 1 saturated heterocycles. The number of hydrogen-bond donors (Lipinski definition) is 0. The number of Topliss-reactive ketones (excluding diaryl/α,β-unsaturated/α-hetero) is 1. The zero-order valence-electron chi connectivity index (χ0n) is 12.4. The summed E-state index contributed by atoms with van der Waals surface area (Å²) in [6.45, 7) is 0.733. The van der Waals surface area contributed by atoms with Crippen LogP contribution in [0, 0.1) is 11.7 Å². The summed E-state index contributed by atoms with van der Waals surface area (Å²) in [5.74, 6) is 0.449. The Morgan fingerprint density at radius 1 is 1.43 bits per heavy atom. The van der Waals surface area contributed by atoms with Crippen LogP contribution in [0.15, 0.2) is 11.4 Å². The van der Waals surface area contributed by atoms with Crippen molar-refractivity contribution in [3.8, 4) is 0 Å². The van der Waals surface area contributed by atoms with Gasteiger partial charge in [-0.1, -0.05) is 23.4 Å². The van der Waals surface area contributed by atoms with Gasteiger partial charge < -0.3 is 4.90 Å². The largest absolute Gasteiger partial charge is 0.352 e. The fourth-order valence-electron chi connectivity index (χ4n) is 3.22. The van der Waals surface area contributed by atoms with Crippen LogP contribution >= 0.6 is 23.4 Å². The van der Waals surface area contributed by atoms with Gasteiger partial charge in [0.05, 0.1) is 5.39 Å². The molecule has 0 unspecified atom stereocenters. The van der Waals surface area contributed by atoms with E-state index >= 15 is 0 Å². The summed E-state index contributed by atoms with van der Waals surface area (Å²) in [5, 5.41) is 0.843. The lowest BCUT2D eigenvalue weighted by Crippen LogP contribution is -2.28. The molecule has 0 N–H and O–H groups in total. The highest BCUT2D eigenvalue weighted by Gasteiger charge is 2.48. The average Bonchev–Trinajstić information content (AvgIpc) is 3.35. The van der Waals surface area contributed by atoms with Gasteiger partial charge in [-0.3, -0.25) is 4.79 Å². The first-order valence-electron chi connectivity index (χ1n) is 7.45. The van der Waals surface area contributed by atoms with E-state index in [-0.39, 0.29) is 22.6 Å². The topological polar surface area (TPSA) is 59.0 Å². The number of rotatable bonds is 2. The van der Waals surface area contributed by atoms with Gasteiger partial charge in [0.2, 0.25) is 0 Å². The molecule has 0 amide bonds. The van der Waals surface area contributed by atoms with Crippen molar-refractivity contribution in [1.29, 1.82) is 0 Å². The van der Waals surface area contributed by atoms with Gasteiger partial charge in [0.1, 0.15) is 17.1 Å². The van der Waals surface area contributed by atoms with Crippen LogP contribution in [-0.4, -0.2) is 39.6 Å². The normalized spacial score (nSPS) is 23.8. The lowest BCUT2D eigenvalue weighted by Gasteiger charge is -2.24. The average molecular weight is 353 g/mol. The minimum atomic E-state index is -0.624.